The Morgan fingerprint density at radius 2 is 2.42 bits per heavy atom. The minimum absolute atomic E-state index is 0.147. The van der Waals surface area contributed by atoms with Gasteiger partial charge in [-0.25, -0.2) is 4.98 Å². The summed E-state index contributed by atoms with van der Waals surface area (Å²) in [6.45, 7) is 2.14. The summed E-state index contributed by atoms with van der Waals surface area (Å²) < 4.78 is 0.853. The quantitative estimate of drug-likeness (QED) is 0.809. The van der Waals surface area contributed by atoms with Gasteiger partial charge in [0.25, 0.3) is 0 Å². The Bertz CT molecular complexity index is 250. The molecule has 0 saturated heterocycles. The first-order valence-electron chi connectivity index (χ1n) is 4.11. The molecule has 1 aromatic rings. The van der Waals surface area contributed by atoms with Gasteiger partial charge in [-0.15, -0.1) is 0 Å². The van der Waals surface area contributed by atoms with Crippen LogP contribution in [-0.4, -0.2) is 4.98 Å². The van der Waals surface area contributed by atoms with Crippen LogP contribution in [-0.2, 0) is 0 Å². The molecule has 2 N–H and O–H groups in total. The standard InChI is InChI=1S/C9H13BrN2/c1-2-3-8(11)7-4-5-12-9(10)6-7/h4-6,8H,2-3,11H2,1H3. The maximum atomic E-state index is 5.93. The molecule has 0 fully saturated rings. The Morgan fingerprint density at radius 1 is 1.67 bits per heavy atom. The fraction of sp³-hybridized carbons (Fsp3) is 0.444. The van der Waals surface area contributed by atoms with Crippen LogP contribution in [0.1, 0.15) is 31.4 Å². The van der Waals surface area contributed by atoms with Gasteiger partial charge in [0.05, 0.1) is 0 Å². The number of hydrogen-bond donors (Lipinski definition) is 1. The number of nitrogens with zero attached hydrogens (tertiary/aromatic N) is 1. The molecule has 0 aliphatic carbocycles. The van der Waals surface area contributed by atoms with E-state index < -0.39 is 0 Å². The van der Waals surface area contributed by atoms with Crippen molar-refractivity contribution in [1.29, 1.82) is 0 Å². The number of halogens is 1. The van der Waals surface area contributed by atoms with E-state index >= 15 is 0 Å². The Labute approximate surface area is 81.3 Å². The van der Waals surface area contributed by atoms with Gasteiger partial charge in [0.1, 0.15) is 4.60 Å². The van der Waals surface area contributed by atoms with Crippen LogP contribution in [0.4, 0.5) is 0 Å². The van der Waals surface area contributed by atoms with E-state index in [1.807, 2.05) is 12.1 Å². The van der Waals surface area contributed by atoms with Crippen LogP contribution in [0.3, 0.4) is 0 Å². The zero-order valence-electron chi connectivity index (χ0n) is 7.13. The molecule has 1 unspecified atom stereocenters. The van der Waals surface area contributed by atoms with Crippen molar-refractivity contribution in [2.45, 2.75) is 25.8 Å². The monoisotopic (exact) mass is 228 g/mol. The van der Waals surface area contributed by atoms with Crippen LogP contribution in [0.2, 0.25) is 0 Å². The lowest BCUT2D eigenvalue weighted by Crippen LogP contribution is -2.09. The van der Waals surface area contributed by atoms with Crippen LogP contribution in [0.5, 0.6) is 0 Å². The number of aromatic nitrogens is 1. The van der Waals surface area contributed by atoms with Gasteiger partial charge in [-0.3, -0.25) is 0 Å². The zero-order valence-corrected chi connectivity index (χ0v) is 8.71. The van der Waals surface area contributed by atoms with Gasteiger partial charge in [-0.2, -0.15) is 0 Å². The van der Waals surface area contributed by atoms with Gasteiger partial charge in [-0.05, 0) is 40.0 Å². The highest BCUT2D eigenvalue weighted by Crippen LogP contribution is 2.17. The highest BCUT2D eigenvalue weighted by Gasteiger charge is 2.04. The van der Waals surface area contributed by atoms with Gasteiger partial charge in [0.2, 0.25) is 0 Å². The summed E-state index contributed by atoms with van der Waals surface area (Å²) in [7, 11) is 0. The van der Waals surface area contributed by atoms with Crippen LogP contribution >= 0.6 is 15.9 Å². The van der Waals surface area contributed by atoms with Crippen LogP contribution in [0.15, 0.2) is 22.9 Å². The maximum Gasteiger partial charge on any atom is 0.106 e. The number of pyridine rings is 1. The molecule has 0 saturated carbocycles. The Hall–Kier alpha value is -0.410. The lowest BCUT2D eigenvalue weighted by atomic mass is 10.1. The van der Waals surface area contributed by atoms with E-state index in [1.165, 1.54) is 0 Å². The first-order valence-corrected chi connectivity index (χ1v) is 4.90. The van der Waals surface area contributed by atoms with Crippen LogP contribution < -0.4 is 5.73 Å². The van der Waals surface area contributed by atoms with Gasteiger partial charge in [-0.1, -0.05) is 13.3 Å². The number of rotatable bonds is 3. The second kappa shape index (κ2) is 4.58. The summed E-state index contributed by atoms with van der Waals surface area (Å²) >= 11 is 3.31. The van der Waals surface area contributed by atoms with E-state index in [4.69, 9.17) is 5.73 Å². The van der Waals surface area contributed by atoms with Crippen molar-refractivity contribution in [3.8, 4) is 0 Å². The summed E-state index contributed by atoms with van der Waals surface area (Å²) in [4.78, 5) is 4.04. The molecular weight excluding hydrogens is 216 g/mol. The summed E-state index contributed by atoms with van der Waals surface area (Å²) in [6.07, 6.45) is 3.91. The van der Waals surface area contributed by atoms with Crippen molar-refractivity contribution in [1.82, 2.24) is 4.98 Å². The van der Waals surface area contributed by atoms with Crippen molar-refractivity contribution < 1.29 is 0 Å². The SMILES string of the molecule is CCCC(N)c1ccnc(Br)c1. The molecule has 1 heterocycles. The van der Waals surface area contributed by atoms with Crippen molar-refractivity contribution in [2.24, 2.45) is 5.73 Å². The molecule has 12 heavy (non-hydrogen) atoms. The maximum absolute atomic E-state index is 5.93. The van der Waals surface area contributed by atoms with Crippen LogP contribution in [0.25, 0.3) is 0 Å². The predicted octanol–water partition coefficient (Wildman–Crippen LogP) is 2.64. The van der Waals surface area contributed by atoms with E-state index in [0.29, 0.717) is 0 Å². The third-order valence-corrected chi connectivity index (χ3v) is 2.21. The molecule has 1 aromatic heterocycles. The molecule has 0 aliphatic rings. The largest absolute Gasteiger partial charge is 0.324 e. The van der Waals surface area contributed by atoms with Gasteiger partial charge < -0.3 is 5.73 Å². The van der Waals surface area contributed by atoms with Gasteiger partial charge >= 0.3 is 0 Å². The smallest absolute Gasteiger partial charge is 0.106 e. The summed E-state index contributed by atoms with van der Waals surface area (Å²) in [5, 5.41) is 0. The average Bonchev–Trinajstić information content (AvgIpc) is 2.05. The average molecular weight is 229 g/mol. The fourth-order valence-corrected chi connectivity index (χ4v) is 1.51. The molecule has 0 bridgehead atoms. The molecule has 0 radical (unpaired) electrons. The predicted molar refractivity (Wildman–Crippen MR) is 53.8 cm³/mol. The molecule has 0 aromatic carbocycles. The highest BCUT2D eigenvalue weighted by molar-refractivity contribution is 9.10. The normalized spacial score (nSPS) is 12.9. The zero-order chi connectivity index (χ0) is 8.97. The molecule has 3 heteroatoms. The summed E-state index contributed by atoms with van der Waals surface area (Å²) in [5.41, 5.74) is 7.08. The minimum atomic E-state index is 0.147. The van der Waals surface area contributed by atoms with Crippen molar-refractivity contribution in [2.75, 3.05) is 0 Å². The lowest BCUT2D eigenvalue weighted by Gasteiger charge is -2.09. The van der Waals surface area contributed by atoms with E-state index in [1.54, 1.807) is 6.20 Å². The topological polar surface area (TPSA) is 38.9 Å². The molecule has 1 rings (SSSR count). The third kappa shape index (κ3) is 2.57. The third-order valence-electron chi connectivity index (χ3n) is 1.78. The molecule has 0 amide bonds. The van der Waals surface area contributed by atoms with Gasteiger partial charge in [0, 0.05) is 12.2 Å². The molecule has 0 spiro atoms. The lowest BCUT2D eigenvalue weighted by molar-refractivity contribution is 0.637. The summed E-state index contributed by atoms with van der Waals surface area (Å²) in [6, 6.07) is 4.08. The van der Waals surface area contributed by atoms with E-state index in [-0.39, 0.29) is 6.04 Å². The Morgan fingerprint density at radius 3 is 3.00 bits per heavy atom. The number of hydrogen-bond acceptors (Lipinski definition) is 2. The van der Waals surface area contributed by atoms with Crippen molar-refractivity contribution in [3.63, 3.8) is 0 Å². The second-order valence-corrected chi connectivity index (χ2v) is 3.62. The van der Waals surface area contributed by atoms with E-state index in [9.17, 15) is 0 Å². The first kappa shape index (κ1) is 9.68. The van der Waals surface area contributed by atoms with E-state index in [0.717, 1.165) is 23.0 Å². The Kier molecular flexibility index (Phi) is 3.69. The summed E-state index contributed by atoms with van der Waals surface area (Å²) in [5.74, 6) is 0. The first-order chi connectivity index (χ1) is 5.74. The molecular formula is C9H13BrN2. The molecule has 2 nitrogen and oxygen atoms in total. The van der Waals surface area contributed by atoms with Crippen molar-refractivity contribution in [3.05, 3.63) is 28.5 Å². The number of nitrogens with two attached hydrogens (primary N) is 1. The van der Waals surface area contributed by atoms with Crippen LogP contribution in [0, 0.1) is 0 Å². The van der Waals surface area contributed by atoms with Gasteiger partial charge in [0.15, 0.2) is 0 Å². The molecule has 1 atom stereocenters. The Balaban J connectivity index is 2.73. The fourth-order valence-electron chi connectivity index (χ4n) is 1.13. The van der Waals surface area contributed by atoms with Crippen molar-refractivity contribution >= 4 is 15.9 Å². The minimum Gasteiger partial charge on any atom is -0.324 e. The second-order valence-electron chi connectivity index (χ2n) is 2.81. The highest BCUT2D eigenvalue weighted by atomic mass is 79.9. The molecule has 0 aliphatic heterocycles. The van der Waals surface area contributed by atoms with E-state index in [2.05, 4.69) is 27.8 Å². The molecule has 66 valence electrons.